The summed E-state index contributed by atoms with van der Waals surface area (Å²) < 4.78 is 29.9. The molecule has 0 heterocycles. The fourth-order valence-electron chi connectivity index (χ4n) is 3.17. The smallest absolute Gasteiger partial charge is 0.305 e. The lowest BCUT2D eigenvalue weighted by Gasteiger charge is -2.28. The maximum absolute atomic E-state index is 15.1. The lowest BCUT2D eigenvalue weighted by Crippen LogP contribution is -2.42. The van der Waals surface area contributed by atoms with Crippen LogP contribution in [0.15, 0.2) is 24.3 Å². The molecule has 2 aromatic carbocycles. The quantitative estimate of drug-likeness (QED) is 0.638. The number of aliphatic carboxylic acids is 1. The van der Waals surface area contributed by atoms with Gasteiger partial charge in [0, 0.05) is 22.5 Å². The molecule has 0 saturated heterocycles. The zero-order valence-electron chi connectivity index (χ0n) is 18.1. The minimum atomic E-state index is -1.60. The van der Waals surface area contributed by atoms with Gasteiger partial charge in [0.2, 0.25) is 0 Å². The first kappa shape index (κ1) is 23.9. The van der Waals surface area contributed by atoms with Gasteiger partial charge >= 0.3 is 5.97 Å². The number of nitrogens with one attached hydrogen (secondary N) is 1. The maximum atomic E-state index is 15.1. The van der Waals surface area contributed by atoms with E-state index in [1.165, 1.54) is 0 Å². The SMILES string of the molecule is Cc1ccc(C#N)c(-c2cc(C)c(F)c([C@H](CC(=O)O)N[S@+]([O-])C(C)(C)C)c2)c1C. The van der Waals surface area contributed by atoms with Gasteiger partial charge in [-0.3, -0.25) is 4.79 Å². The molecule has 7 heteroatoms. The van der Waals surface area contributed by atoms with E-state index < -0.39 is 40.4 Å². The second-order valence-corrected chi connectivity index (χ2v) is 10.4. The van der Waals surface area contributed by atoms with Gasteiger partial charge in [-0.25, -0.2) is 4.39 Å². The molecule has 30 heavy (non-hydrogen) atoms. The zero-order chi connectivity index (χ0) is 22.8. The molecule has 2 aromatic rings. The highest BCUT2D eigenvalue weighted by Gasteiger charge is 2.32. The van der Waals surface area contributed by atoms with Crippen molar-refractivity contribution in [3.05, 3.63) is 57.9 Å². The standard InChI is InChI=1S/C23H27FN2O3S/c1-13-7-8-16(12-25)21(15(13)3)17-9-14(2)22(24)18(10-17)19(11-20(27)28)26-30(29)23(4,5)6/h7-10,19,26H,11H2,1-6H3,(H,27,28)/t19-,30+/m0/s1. The van der Waals surface area contributed by atoms with E-state index in [9.17, 15) is 19.7 Å². The highest BCUT2D eigenvalue weighted by Crippen LogP contribution is 2.35. The van der Waals surface area contributed by atoms with Crippen molar-refractivity contribution in [2.45, 2.75) is 58.8 Å². The molecule has 0 aliphatic rings. The van der Waals surface area contributed by atoms with E-state index in [-0.39, 0.29) is 5.56 Å². The third kappa shape index (κ3) is 5.20. The molecule has 2 rings (SSSR count). The summed E-state index contributed by atoms with van der Waals surface area (Å²) in [4.78, 5) is 11.5. The molecule has 0 radical (unpaired) electrons. The minimum Gasteiger partial charge on any atom is -0.598 e. The fourth-order valence-corrected chi connectivity index (χ4v) is 3.99. The molecule has 0 aliphatic heterocycles. The Balaban J connectivity index is 2.69. The Labute approximate surface area is 180 Å². The van der Waals surface area contributed by atoms with Gasteiger partial charge < -0.3 is 9.66 Å². The first-order valence-corrected chi connectivity index (χ1v) is 10.7. The van der Waals surface area contributed by atoms with Crippen molar-refractivity contribution >= 4 is 17.3 Å². The molecule has 5 nitrogen and oxygen atoms in total. The Bertz CT molecular complexity index is 1010. The predicted octanol–water partition coefficient (Wildman–Crippen LogP) is 4.86. The van der Waals surface area contributed by atoms with Gasteiger partial charge in [-0.05, 0) is 82.0 Å². The van der Waals surface area contributed by atoms with Crippen molar-refractivity contribution in [1.82, 2.24) is 4.72 Å². The van der Waals surface area contributed by atoms with E-state index in [2.05, 4.69) is 10.8 Å². The minimum absolute atomic E-state index is 0.120. The highest BCUT2D eigenvalue weighted by atomic mass is 32.2. The summed E-state index contributed by atoms with van der Waals surface area (Å²) in [5, 5.41) is 18.9. The zero-order valence-corrected chi connectivity index (χ0v) is 18.9. The molecule has 2 N–H and O–H groups in total. The number of aryl methyl sites for hydroxylation is 2. The fraction of sp³-hybridized carbons (Fsp3) is 0.391. The second-order valence-electron chi connectivity index (χ2n) is 8.39. The van der Waals surface area contributed by atoms with Crippen LogP contribution in [-0.2, 0) is 16.2 Å². The third-order valence-corrected chi connectivity index (χ3v) is 6.60. The van der Waals surface area contributed by atoms with E-state index in [1.54, 1.807) is 45.9 Å². The van der Waals surface area contributed by atoms with E-state index >= 15 is 4.39 Å². The third-order valence-electron chi connectivity index (χ3n) is 4.99. The van der Waals surface area contributed by atoms with Crippen molar-refractivity contribution in [1.29, 1.82) is 5.26 Å². The van der Waals surface area contributed by atoms with Crippen LogP contribution < -0.4 is 4.72 Å². The van der Waals surface area contributed by atoms with Crippen molar-refractivity contribution in [2.75, 3.05) is 0 Å². The second kappa shape index (κ2) is 9.17. The molecule has 2 atom stereocenters. The molecule has 0 unspecified atom stereocenters. The van der Waals surface area contributed by atoms with Crippen LogP contribution in [0.4, 0.5) is 4.39 Å². The Hall–Kier alpha value is -2.40. The average molecular weight is 431 g/mol. The number of carboxylic acids is 1. The summed E-state index contributed by atoms with van der Waals surface area (Å²) in [7, 11) is 0. The molecule has 0 aromatic heterocycles. The summed E-state index contributed by atoms with van der Waals surface area (Å²) in [6, 6.07) is 7.98. The molecule has 160 valence electrons. The highest BCUT2D eigenvalue weighted by molar-refractivity contribution is 7.90. The lowest BCUT2D eigenvalue weighted by atomic mass is 9.89. The maximum Gasteiger partial charge on any atom is 0.305 e. The predicted molar refractivity (Wildman–Crippen MR) is 117 cm³/mol. The normalized spacial score (nSPS) is 13.6. The molecular formula is C23H27FN2O3S. The summed E-state index contributed by atoms with van der Waals surface area (Å²) in [5.74, 6) is -1.68. The number of hydrogen-bond acceptors (Lipinski definition) is 4. The van der Waals surface area contributed by atoms with Crippen LogP contribution in [0.2, 0.25) is 0 Å². The van der Waals surface area contributed by atoms with Crippen LogP contribution in [0, 0.1) is 37.9 Å². The monoisotopic (exact) mass is 430 g/mol. The van der Waals surface area contributed by atoms with Gasteiger partial charge in [0.25, 0.3) is 0 Å². The lowest BCUT2D eigenvalue weighted by molar-refractivity contribution is -0.137. The van der Waals surface area contributed by atoms with E-state index in [0.29, 0.717) is 22.3 Å². The van der Waals surface area contributed by atoms with Crippen LogP contribution >= 0.6 is 0 Å². The Kier molecular flexibility index (Phi) is 7.30. The molecule has 0 saturated carbocycles. The van der Waals surface area contributed by atoms with Gasteiger partial charge in [-0.2, -0.15) is 5.26 Å². The topological polar surface area (TPSA) is 96.2 Å². The van der Waals surface area contributed by atoms with E-state index in [1.807, 2.05) is 19.9 Å². The van der Waals surface area contributed by atoms with E-state index in [4.69, 9.17) is 0 Å². The van der Waals surface area contributed by atoms with Gasteiger partial charge in [-0.1, -0.05) is 6.07 Å². The molecular weight excluding hydrogens is 403 g/mol. The van der Waals surface area contributed by atoms with Crippen LogP contribution in [0.5, 0.6) is 0 Å². The number of carboxylic acid groups (broad SMARTS) is 1. The number of nitrogens with zero attached hydrogens (tertiary/aromatic N) is 1. The molecule has 0 bridgehead atoms. The number of halogens is 1. The summed E-state index contributed by atoms with van der Waals surface area (Å²) in [6.07, 6.45) is -0.431. The van der Waals surface area contributed by atoms with Crippen LogP contribution in [0.25, 0.3) is 11.1 Å². The number of rotatable bonds is 6. The van der Waals surface area contributed by atoms with Gasteiger partial charge in [0.1, 0.15) is 10.6 Å². The van der Waals surface area contributed by atoms with Crippen LogP contribution in [0.1, 0.15) is 61.1 Å². The van der Waals surface area contributed by atoms with Crippen molar-refractivity contribution in [3.8, 4) is 17.2 Å². The number of hydrogen-bond donors (Lipinski definition) is 2. The van der Waals surface area contributed by atoms with Crippen LogP contribution in [0.3, 0.4) is 0 Å². The Morgan fingerprint density at radius 1 is 1.27 bits per heavy atom. The molecule has 0 spiro atoms. The van der Waals surface area contributed by atoms with Gasteiger partial charge in [0.05, 0.1) is 24.1 Å². The molecule has 0 fully saturated rings. The number of carbonyl (C=O) groups is 1. The van der Waals surface area contributed by atoms with E-state index in [0.717, 1.165) is 11.1 Å². The Morgan fingerprint density at radius 2 is 1.90 bits per heavy atom. The first-order valence-electron chi connectivity index (χ1n) is 9.57. The van der Waals surface area contributed by atoms with Gasteiger partial charge in [-0.15, -0.1) is 4.72 Å². The summed E-state index contributed by atoms with van der Waals surface area (Å²) in [5.41, 5.74) is 4.10. The first-order chi connectivity index (χ1) is 13.9. The molecule has 0 amide bonds. The van der Waals surface area contributed by atoms with Crippen LogP contribution in [-0.4, -0.2) is 20.4 Å². The summed E-state index contributed by atoms with van der Waals surface area (Å²) >= 11 is -1.60. The van der Waals surface area contributed by atoms with Gasteiger partial charge in [0.15, 0.2) is 0 Å². The Morgan fingerprint density at radius 3 is 2.43 bits per heavy atom. The average Bonchev–Trinajstić information content (AvgIpc) is 2.64. The number of benzene rings is 2. The van der Waals surface area contributed by atoms with Crippen molar-refractivity contribution in [2.24, 2.45) is 0 Å². The number of nitriles is 1. The molecule has 0 aliphatic carbocycles. The van der Waals surface area contributed by atoms with Crippen molar-refractivity contribution < 1.29 is 18.8 Å². The summed E-state index contributed by atoms with van der Waals surface area (Å²) in [6.45, 7) is 10.7. The van der Waals surface area contributed by atoms with Crippen molar-refractivity contribution in [3.63, 3.8) is 0 Å². The largest absolute Gasteiger partial charge is 0.598 e.